The number of fused-ring (bicyclic) bond motifs is 2. The molecule has 1 aliphatic rings. The van der Waals surface area contributed by atoms with Crippen molar-refractivity contribution in [1.82, 2.24) is 4.98 Å². The summed E-state index contributed by atoms with van der Waals surface area (Å²) < 4.78 is 0. The second-order valence-corrected chi connectivity index (χ2v) is 6.78. The van der Waals surface area contributed by atoms with Crippen LogP contribution in [0, 0.1) is 5.41 Å². The molecule has 0 aromatic carbocycles. The molecule has 2 aromatic heterocycles. The van der Waals surface area contributed by atoms with Gasteiger partial charge in [-0.3, -0.25) is 0 Å². The maximum atomic E-state index is 11.0. The molecule has 2 aromatic rings. The van der Waals surface area contributed by atoms with Gasteiger partial charge >= 0.3 is 5.97 Å². The summed E-state index contributed by atoms with van der Waals surface area (Å²) >= 11 is 1.27. The second kappa shape index (κ2) is 3.79. The molecule has 0 amide bonds. The molecule has 18 heavy (non-hydrogen) atoms. The van der Waals surface area contributed by atoms with Gasteiger partial charge in [-0.25, -0.2) is 9.78 Å². The smallest absolute Gasteiger partial charge is 0.345 e. The van der Waals surface area contributed by atoms with Crippen LogP contribution in [-0.4, -0.2) is 16.1 Å². The molecule has 0 saturated heterocycles. The maximum Gasteiger partial charge on any atom is 0.345 e. The average Bonchev–Trinajstić information content (AvgIpc) is 2.67. The molecule has 1 N–H and O–H groups in total. The zero-order valence-electron chi connectivity index (χ0n) is 10.5. The molecule has 4 heteroatoms. The van der Waals surface area contributed by atoms with Crippen molar-refractivity contribution in [2.24, 2.45) is 5.41 Å². The highest BCUT2D eigenvalue weighted by molar-refractivity contribution is 7.20. The lowest BCUT2D eigenvalue weighted by atomic mass is 9.76. The summed E-state index contributed by atoms with van der Waals surface area (Å²) in [5.41, 5.74) is 2.77. The number of aromatic nitrogens is 1. The molecule has 2 heterocycles. The van der Waals surface area contributed by atoms with Crippen LogP contribution in [0.3, 0.4) is 0 Å². The van der Waals surface area contributed by atoms with Crippen LogP contribution in [0.2, 0.25) is 0 Å². The minimum Gasteiger partial charge on any atom is -0.477 e. The van der Waals surface area contributed by atoms with Gasteiger partial charge in [-0.2, -0.15) is 0 Å². The lowest BCUT2D eigenvalue weighted by molar-refractivity contribution is 0.0702. The Morgan fingerprint density at radius 1 is 1.44 bits per heavy atom. The van der Waals surface area contributed by atoms with Crippen LogP contribution in [0.15, 0.2) is 12.1 Å². The lowest BCUT2D eigenvalue weighted by Crippen LogP contribution is -2.22. The molecule has 0 bridgehead atoms. The molecule has 1 aliphatic carbocycles. The minimum atomic E-state index is -0.865. The number of nitrogens with zero attached hydrogens (tertiary/aromatic N) is 1. The van der Waals surface area contributed by atoms with Gasteiger partial charge in [-0.1, -0.05) is 13.8 Å². The largest absolute Gasteiger partial charge is 0.477 e. The van der Waals surface area contributed by atoms with Crippen molar-refractivity contribution in [3.05, 3.63) is 28.3 Å². The van der Waals surface area contributed by atoms with E-state index in [2.05, 4.69) is 24.9 Å². The molecule has 94 valence electrons. The first-order valence-electron chi connectivity index (χ1n) is 6.10. The molecular formula is C14H15NO2S. The predicted octanol–water partition coefficient (Wildman–Crippen LogP) is 3.51. The zero-order valence-corrected chi connectivity index (χ0v) is 11.3. The van der Waals surface area contributed by atoms with Crippen molar-refractivity contribution in [2.75, 3.05) is 0 Å². The van der Waals surface area contributed by atoms with E-state index in [9.17, 15) is 4.79 Å². The fraction of sp³-hybridized carbons (Fsp3) is 0.429. The van der Waals surface area contributed by atoms with Crippen molar-refractivity contribution in [1.29, 1.82) is 0 Å². The number of thiophene rings is 1. The number of aryl methyl sites for hydroxylation is 1. The summed E-state index contributed by atoms with van der Waals surface area (Å²) in [6.07, 6.45) is 3.18. The van der Waals surface area contributed by atoms with E-state index >= 15 is 0 Å². The number of aromatic carboxylic acids is 1. The Kier molecular flexibility index (Phi) is 2.45. The molecule has 0 atom stereocenters. The van der Waals surface area contributed by atoms with Crippen LogP contribution >= 0.6 is 11.3 Å². The van der Waals surface area contributed by atoms with Gasteiger partial charge in [0.05, 0.1) is 0 Å². The molecule has 3 nitrogen and oxygen atoms in total. The van der Waals surface area contributed by atoms with Gasteiger partial charge in [-0.05, 0) is 42.4 Å². The Bertz CT molecular complexity index is 643. The third-order valence-corrected chi connectivity index (χ3v) is 4.63. The van der Waals surface area contributed by atoms with Crippen LogP contribution in [0.25, 0.3) is 10.2 Å². The summed E-state index contributed by atoms with van der Waals surface area (Å²) in [4.78, 5) is 16.8. The molecule has 0 saturated carbocycles. The number of hydrogen-bond acceptors (Lipinski definition) is 3. The Hall–Kier alpha value is -1.42. The van der Waals surface area contributed by atoms with Crippen LogP contribution in [0.5, 0.6) is 0 Å². The van der Waals surface area contributed by atoms with Crippen LogP contribution in [0.4, 0.5) is 0 Å². The normalized spacial score (nSPS) is 17.7. The standard InChI is InChI=1S/C14H15NO2S/c1-14(2)4-3-10-9(7-14)5-8-6-11(13(16)17)18-12(8)15-10/h5-6H,3-4,7H2,1-2H3,(H,16,17). The highest BCUT2D eigenvalue weighted by atomic mass is 32.1. The molecular weight excluding hydrogens is 246 g/mol. The van der Waals surface area contributed by atoms with Gasteiger partial charge in [0.2, 0.25) is 0 Å². The number of pyridine rings is 1. The van der Waals surface area contributed by atoms with Gasteiger partial charge in [0.25, 0.3) is 0 Å². The van der Waals surface area contributed by atoms with Gasteiger partial charge < -0.3 is 5.11 Å². The summed E-state index contributed by atoms with van der Waals surface area (Å²) in [5.74, 6) is -0.865. The van der Waals surface area contributed by atoms with E-state index in [0.717, 1.165) is 35.2 Å². The predicted molar refractivity (Wildman–Crippen MR) is 72.4 cm³/mol. The van der Waals surface area contributed by atoms with E-state index in [1.54, 1.807) is 6.07 Å². The minimum absolute atomic E-state index is 0.327. The highest BCUT2D eigenvalue weighted by Crippen LogP contribution is 2.36. The monoisotopic (exact) mass is 261 g/mol. The first-order valence-corrected chi connectivity index (χ1v) is 6.92. The zero-order chi connectivity index (χ0) is 12.9. The number of hydrogen-bond donors (Lipinski definition) is 1. The number of carboxylic acids is 1. The maximum absolute atomic E-state index is 11.0. The van der Waals surface area contributed by atoms with Gasteiger partial charge in [-0.15, -0.1) is 11.3 Å². The molecule has 0 radical (unpaired) electrons. The third-order valence-electron chi connectivity index (χ3n) is 3.60. The topological polar surface area (TPSA) is 50.2 Å². The molecule has 0 fully saturated rings. The van der Waals surface area contributed by atoms with Crippen molar-refractivity contribution < 1.29 is 9.90 Å². The summed E-state index contributed by atoms with van der Waals surface area (Å²) in [7, 11) is 0. The SMILES string of the molecule is CC1(C)CCc2nc3sc(C(=O)O)cc3cc2C1. The van der Waals surface area contributed by atoms with Crippen molar-refractivity contribution in [3.8, 4) is 0 Å². The molecule has 0 spiro atoms. The number of carbonyl (C=O) groups is 1. The second-order valence-electron chi connectivity index (χ2n) is 5.75. The fourth-order valence-corrected chi connectivity index (χ4v) is 3.46. The van der Waals surface area contributed by atoms with Crippen molar-refractivity contribution in [3.63, 3.8) is 0 Å². The first-order chi connectivity index (χ1) is 8.44. The average molecular weight is 261 g/mol. The van der Waals surface area contributed by atoms with Crippen LogP contribution < -0.4 is 0 Å². The van der Waals surface area contributed by atoms with Crippen LogP contribution in [0.1, 0.15) is 41.2 Å². The highest BCUT2D eigenvalue weighted by Gasteiger charge is 2.26. The fourth-order valence-electron chi connectivity index (χ4n) is 2.59. The summed E-state index contributed by atoms with van der Waals surface area (Å²) in [5, 5.41) is 9.98. The van der Waals surface area contributed by atoms with E-state index in [0.29, 0.717) is 10.3 Å². The number of carboxylic acid groups (broad SMARTS) is 1. The van der Waals surface area contributed by atoms with Gasteiger partial charge in [0.1, 0.15) is 9.71 Å². The Labute approximate surface area is 109 Å². The Morgan fingerprint density at radius 2 is 2.22 bits per heavy atom. The summed E-state index contributed by atoms with van der Waals surface area (Å²) in [6, 6.07) is 3.86. The van der Waals surface area contributed by atoms with Crippen molar-refractivity contribution in [2.45, 2.75) is 33.1 Å². The van der Waals surface area contributed by atoms with E-state index in [1.165, 1.54) is 16.9 Å². The molecule has 3 rings (SSSR count). The Balaban J connectivity index is 2.13. The van der Waals surface area contributed by atoms with Gasteiger partial charge in [0.15, 0.2) is 0 Å². The Morgan fingerprint density at radius 3 is 2.94 bits per heavy atom. The third kappa shape index (κ3) is 1.90. The van der Waals surface area contributed by atoms with Crippen molar-refractivity contribution >= 4 is 27.5 Å². The van der Waals surface area contributed by atoms with E-state index in [-0.39, 0.29) is 0 Å². The van der Waals surface area contributed by atoms with E-state index in [4.69, 9.17) is 5.11 Å². The van der Waals surface area contributed by atoms with Crippen LogP contribution in [-0.2, 0) is 12.8 Å². The quantitative estimate of drug-likeness (QED) is 0.854. The van der Waals surface area contributed by atoms with Gasteiger partial charge in [0, 0.05) is 11.1 Å². The lowest BCUT2D eigenvalue weighted by Gasteiger charge is -2.30. The van der Waals surface area contributed by atoms with E-state index < -0.39 is 5.97 Å². The number of rotatable bonds is 1. The molecule has 0 aliphatic heterocycles. The summed E-state index contributed by atoms with van der Waals surface area (Å²) in [6.45, 7) is 4.55. The van der Waals surface area contributed by atoms with E-state index in [1.807, 2.05) is 0 Å². The molecule has 0 unspecified atom stereocenters. The first kappa shape index (κ1) is 11.7.